The van der Waals surface area contributed by atoms with Gasteiger partial charge in [0.25, 0.3) is 0 Å². The number of nitrogens with zero attached hydrogens (tertiary/aromatic N) is 1. The lowest BCUT2D eigenvalue weighted by atomic mass is 9.85. The number of halogens is 1. The number of hydrogen-bond acceptors (Lipinski definition) is 3. The lowest BCUT2D eigenvalue weighted by Gasteiger charge is -2.24. The van der Waals surface area contributed by atoms with Gasteiger partial charge in [-0.05, 0) is 37.2 Å². The summed E-state index contributed by atoms with van der Waals surface area (Å²) in [6.07, 6.45) is 6.59. The van der Waals surface area contributed by atoms with Crippen LogP contribution in [0.5, 0.6) is 0 Å². The highest BCUT2D eigenvalue weighted by molar-refractivity contribution is 5.91. The van der Waals surface area contributed by atoms with E-state index in [0.29, 0.717) is 31.5 Å². The molecular formula is C20H28ClN3O2. The van der Waals surface area contributed by atoms with Crippen LogP contribution >= 0.6 is 12.4 Å². The highest BCUT2D eigenvalue weighted by Gasteiger charge is 2.40. The van der Waals surface area contributed by atoms with Crippen LogP contribution in [0.2, 0.25) is 0 Å². The van der Waals surface area contributed by atoms with Crippen LogP contribution in [-0.4, -0.2) is 41.4 Å². The van der Waals surface area contributed by atoms with Crippen molar-refractivity contribution < 1.29 is 9.59 Å². The molecule has 0 spiro atoms. The summed E-state index contributed by atoms with van der Waals surface area (Å²) in [5.41, 5.74) is 1.13. The molecule has 2 aliphatic heterocycles. The Labute approximate surface area is 161 Å². The third kappa shape index (κ3) is 4.04. The molecule has 3 aliphatic rings. The summed E-state index contributed by atoms with van der Waals surface area (Å²) in [7, 11) is 0. The monoisotopic (exact) mass is 377 g/mol. The Morgan fingerprint density at radius 3 is 2.69 bits per heavy atom. The van der Waals surface area contributed by atoms with Crippen molar-refractivity contribution >= 4 is 24.2 Å². The fourth-order valence-electron chi connectivity index (χ4n) is 4.63. The average molecular weight is 378 g/mol. The molecule has 1 aromatic rings. The minimum atomic E-state index is -0.361. The van der Waals surface area contributed by atoms with Gasteiger partial charge in [0.2, 0.25) is 11.8 Å². The number of benzene rings is 1. The molecular weight excluding hydrogens is 350 g/mol. The number of fused-ring (bicyclic) bond motifs is 1. The maximum Gasteiger partial charge on any atom is 0.245 e. The van der Waals surface area contributed by atoms with E-state index >= 15 is 0 Å². The second-order valence-corrected chi connectivity index (χ2v) is 7.70. The molecule has 0 radical (unpaired) electrons. The third-order valence-electron chi connectivity index (χ3n) is 6.01. The van der Waals surface area contributed by atoms with Crippen LogP contribution in [0.4, 0.5) is 0 Å². The van der Waals surface area contributed by atoms with Gasteiger partial charge < -0.3 is 15.5 Å². The molecule has 6 heteroatoms. The molecule has 5 nitrogen and oxygen atoms in total. The number of rotatable bonds is 4. The van der Waals surface area contributed by atoms with Crippen LogP contribution in [0, 0.1) is 5.92 Å². The van der Waals surface area contributed by atoms with Crippen LogP contribution < -0.4 is 10.6 Å². The normalized spacial score (nSPS) is 30.6. The molecule has 4 rings (SSSR count). The molecule has 1 aromatic carbocycles. The predicted octanol–water partition coefficient (Wildman–Crippen LogP) is 2.25. The van der Waals surface area contributed by atoms with Crippen molar-refractivity contribution in [3.63, 3.8) is 0 Å². The summed E-state index contributed by atoms with van der Waals surface area (Å²) in [5.74, 6) is 0.695. The number of carbonyl (C=O) groups excluding carboxylic acids is 2. The highest BCUT2D eigenvalue weighted by Crippen LogP contribution is 2.33. The van der Waals surface area contributed by atoms with Crippen LogP contribution in [0.1, 0.15) is 44.1 Å². The second kappa shape index (κ2) is 8.40. The van der Waals surface area contributed by atoms with Gasteiger partial charge in [0.15, 0.2) is 0 Å². The topological polar surface area (TPSA) is 61.4 Å². The second-order valence-electron chi connectivity index (χ2n) is 7.70. The Bertz CT molecular complexity index is 625. The number of likely N-dealkylation sites (tertiary alicyclic amines) is 1. The summed E-state index contributed by atoms with van der Waals surface area (Å²) >= 11 is 0. The first-order valence-electron chi connectivity index (χ1n) is 9.60. The SMILES string of the molecule is Cl.O=C(NC1CCN(Cc2ccccc2)C1=O)C1CC2CCCCC2N1. The maximum atomic E-state index is 12.6. The predicted molar refractivity (Wildman–Crippen MR) is 103 cm³/mol. The Morgan fingerprint density at radius 1 is 1.15 bits per heavy atom. The number of amides is 2. The lowest BCUT2D eigenvalue weighted by Crippen LogP contribution is -2.49. The molecule has 2 N–H and O–H groups in total. The van der Waals surface area contributed by atoms with Crippen molar-refractivity contribution in [2.45, 2.75) is 63.2 Å². The summed E-state index contributed by atoms with van der Waals surface area (Å²) in [5, 5.41) is 6.50. The first-order valence-corrected chi connectivity index (χ1v) is 9.60. The molecule has 0 aromatic heterocycles. The van der Waals surface area contributed by atoms with Gasteiger partial charge in [0.05, 0.1) is 6.04 Å². The average Bonchev–Trinajstić information content (AvgIpc) is 3.21. The summed E-state index contributed by atoms with van der Waals surface area (Å²) in [4.78, 5) is 27.1. The Hall–Kier alpha value is -1.59. The molecule has 1 saturated carbocycles. The molecule has 2 heterocycles. The molecule has 4 unspecified atom stereocenters. The Balaban J connectivity index is 0.00000196. The van der Waals surface area contributed by atoms with E-state index in [1.54, 1.807) is 0 Å². The molecule has 2 saturated heterocycles. The number of nitrogens with one attached hydrogen (secondary N) is 2. The highest BCUT2D eigenvalue weighted by atomic mass is 35.5. The molecule has 3 fully saturated rings. The number of hydrogen-bond donors (Lipinski definition) is 2. The van der Waals surface area contributed by atoms with Crippen molar-refractivity contribution in [3.8, 4) is 0 Å². The van der Waals surface area contributed by atoms with E-state index < -0.39 is 0 Å². The standard InChI is InChI=1S/C20H27N3O2.ClH/c24-19(18-12-15-8-4-5-9-16(15)21-18)22-17-10-11-23(20(17)25)13-14-6-2-1-3-7-14;/h1-3,6-7,15-18,21H,4-5,8-13H2,(H,22,24);1H. The molecule has 1 aliphatic carbocycles. The van der Waals surface area contributed by atoms with Gasteiger partial charge in [-0.3, -0.25) is 9.59 Å². The van der Waals surface area contributed by atoms with Crippen LogP contribution in [0.15, 0.2) is 30.3 Å². The van der Waals surface area contributed by atoms with Crippen molar-refractivity contribution in [2.24, 2.45) is 5.92 Å². The maximum absolute atomic E-state index is 12.6. The van der Waals surface area contributed by atoms with Crippen molar-refractivity contribution in [1.82, 2.24) is 15.5 Å². The smallest absolute Gasteiger partial charge is 0.245 e. The zero-order valence-corrected chi connectivity index (χ0v) is 15.8. The quantitative estimate of drug-likeness (QED) is 0.846. The van der Waals surface area contributed by atoms with E-state index in [1.165, 1.54) is 25.7 Å². The third-order valence-corrected chi connectivity index (χ3v) is 6.01. The largest absolute Gasteiger partial charge is 0.343 e. The van der Waals surface area contributed by atoms with Crippen LogP contribution in [-0.2, 0) is 16.1 Å². The zero-order chi connectivity index (χ0) is 17.2. The van der Waals surface area contributed by atoms with Gasteiger partial charge in [-0.2, -0.15) is 0 Å². The fourth-order valence-corrected chi connectivity index (χ4v) is 4.63. The van der Waals surface area contributed by atoms with Crippen LogP contribution in [0.25, 0.3) is 0 Å². The zero-order valence-electron chi connectivity index (χ0n) is 15.0. The van der Waals surface area contributed by atoms with Crippen molar-refractivity contribution in [2.75, 3.05) is 6.54 Å². The fraction of sp³-hybridized carbons (Fsp3) is 0.600. The van der Waals surface area contributed by atoms with Crippen molar-refractivity contribution in [1.29, 1.82) is 0 Å². The van der Waals surface area contributed by atoms with Gasteiger partial charge in [-0.25, -0.2) is 0 Å². The Kier molecular flexibility index (Phi) is 6.20. The van der Waals surface area contributed by atoms with Gasteiger partial charge in [0, 0.05) is 19.1 Å². The molecule has 142 valence electrons. The minimum absolute atomic E-state index is 0. The molecule has 0 bridgehead atoms. The Morgan fingerprint density at radius 2 is 1.92 bits per heavy atom. The van der Waals surface area contributed by atoms with Gasteiger partial charge in [-0.1, -0.05) is 43.2 Å². The van der Waals surface area contributed by atoms with E-state index in [4.69, 9.17) is 0 Å². The van der Waals surface area contributed by atoms with E-state index in [9.17, 15) is 9.59 Å². The van der Waals surface area contributed by atoms with E-state index in [1.807, 2.05) is 35.2 Å². The minimum Gasteiger partial charge on any atom is -0.343 e. The van der Waals surface area contributed by atoms with Gasteiger partial charge >= 0.3 is 0 Å². The van der Waals surface area contributed by atoms with E-state index in [0.717, 1.165) is 12.0 Å². The van der Waals surface area contributed by atoms with Crippen LogP contribution in [0.3, 0.4) is 0 Å². The first-order chi connectivity index (χ1) is 12.2. The van der Waals surface area contributed by atoms with E-state index in [-0.39, 0.29) is 36.3 Å². The van der Waals surface area contributed by atoms with Crippen molar-refractivity contribution in [3.05, 3.63) is 35.9 Å². The summed E-state index contributed by atoms with van der Waals surface area (Å²) in [6, 6.07) is 10.0. The molecule has 2 amide bonds. The summed E-state index contributed by atoms with van der Waals surface area (Å²) in [6.45, 7) is 1.33. The summed E-state index contributed by atoms with van der Waals surface area (Å²) < 4.78 is 0. The van der Waals surface area contributed by atoms with E-state index in [2.05, 4.69) is 10.6 Å². The lowest BCUT2D eigenvalue weighted by molar-refractivity contribution is -0.133. The molecule has 4 atom stereocenters. The molecule has 26 heavy (non-hydrogen) atoms. The number of carbonyl (C=O) groups is 2. The first kappa shape index (κ1) is 19.2. The van der Waals surface area contributed by atoms with Gasteiger partial charge in [-0.15, -0.1) is 12.4 Å². The van der Waals surface area contributed by atoms with Gasteiger partial charge in [0.1, 0.15) is 6.04 Å².